The molecule has 2 nitrogen and oxygen atoms in total. The van der Waals surface area contributed by atoms with Crippen molar-refractivity contribution in [2.75, 3.05) is 13.2 Å². The van der Waals surface area contributed by atoms with E-state index in [1.54, 1.807) is 0 Å². The molecule has 94 valence electrons. The second kappa shape index (κ2) is 3.59. The third kappa shape index (κ3) is 1.31. The Morgan fingerprint density at radius 3 is 2.00 bits per heavy atom. The van der Waals surface area contributed by atoms with Crippen LogP contribution in [0.25, 0.3) is 0 Å². The number of hydrogen-bond donors (Lipinski definition) is 0. The highest BCUT2D eigenvalue weighted by atomic mass is 16.5. The molecule has 1 aromatic rings. The standard InChI is InChI=1S/C16H19NO/c1-11-6-12(2)14(13(3)7-11)16(9-18-10-16)15(8-17)4-5-15/h6-7H,4-5,9-10H2,1-3H3. The summed E-state index contributed by atoms with van der Waals surface area (Å²) in [6.45, 7) is 7.90. The van der Waals surface area contributed by atoms with Crippen molar-refractivity contribution in [3.8, 4) is 6.07 Å². The van der Waals surface area contributed by atoms with Gasteiger partial charge in [0.15, 0.2) is 0 Å². The minimum Gasteiger partial charge on any atom is -0.379 e. The van der Waals surface area contributed by atoms with E-state index in [1.165, 1.54) is 22.3 Å². The maximum Gasteiger partial charge on any atom is 0.0716 e. The molecular weight excluding hydrogens is 222 g/mol. The Balaban J connectivity index is 2.17. The van der Waals surface area contributed by atoms with E-state index >= 15 is 0 Å². The smallest absolute Gasteiger partial charge is 0.0716 e. The van der Waals surface area contributed by atoms with Crippen LogP contribution in [0.5, 0.6) is 0 Å². The van der Waals surface area contributed by atoms with Crippen molar-refractivity contribution in [1.29, 1.82) is 5.26 Å². The lowest BCUT2D eigenvalue weighted by atomic mass is 9.64. The molecule has 3 rings (SSSR count). The van der Waals surface area contributed by atoms with Gasteiger partial charge in [0.2, 0.25) is 0 Å². The highest BCUT2D eigenvalue weighted by Gasteiger charge is 2.65. The van der Waals surface area contributed by atoms with Gasteiger partial charge in [-0.2, -0.15) is 5.26 Å². The van der Waals surface area contributed by atoms with Gasteiger partial charge in [-0.25, -0.2) is 0 Å². The molecule has 2 fully saturated rings. The van der Waals surface area contributed by atoms with Gasteiger partial charge in [-0.1, -0.05) is 17.7 Å². The maximum atomic E-state index is 9.55. The van der Waals surface area contributed by atoms with Crippen LogP contribution in [0.4, 0.5) is 0 Å². The van der Waals surface area contributed by atoms with E-state index in [2.05, 4.69) is 39.0 Å². The van der Waals surface area contributed by atoms with Crippen LogP contribution in [0.1, 0.15) is 35.1 Å². The zero-order valence-electron chi connectivity index (χ0n) is 11.3. The van der Waals surface area contributed by atoms with Crippen molar-refractivity contribution in [3.05, 3.63) is 34.4 Å². The molecule has 18 heavy (non-hydrogen) atoms. The molecule has 0 N–H and O–H groups in total. The Kier molecular flexibility index (Phi) is 2.34. The normalized spacial score (nSPS) is 23.0. The topological polar surface area (TPSA) is 33.0 Å². The molecule has 1 saturated heterocycles. The van der Waals surface area contributed by atoms with E-state index in [-0.39, 0.29) is 10.8 Å². The second-order valence-corrected chi connectivity index (χ2v) is 6.04. The van der Waals surface area contributed by atoms with Crippen LogP contribution < -0.4 is 0 Å². The Labute approximate surface area is 109 Å². The molecule has 1 aliphatic heterocycles. The molecule has 2 heteroatoms. The van der Waals surface area contributed by atoms with Crippen molar-refractivity contribution >= 4 is 0 Å². The molecule has 0 bridgehead atoms. The molecular formula is C16H19NO. The Hall–Kier alpha value is -1.33. The Bertz CT molecular complexity index is 522. The van der Waals surface area contributed by atoms with Crippen LogP contribution in [0, 0.1) is 37.5 Å². The lowest BCUT2D eigenvalue weighted by Crippen LogP contribution is -2.54. The zero-order chi connectivity index (χ0) is 13.0. The summed E-state index contributed by atoms with van der Waals surface area (Å²) in [4.78, 5) is 0. The average molecular weight is 241 g/mol. The maximum absolute atomic E-state index is 9.55. The van der Waals surface area contributed by atoms with Gasteiger partial charge in [0.05, 0.1) is 30.1 Å². The van der Waals surface area contributed by atoms with Crippen molar-refractivity contribution in [2.45, 2.75) is 39.0 Å². The van der Waals surface area contributed by atoms with Gasteiger partial charge in [-0.05, 0) is 50.3 Å². The monoisotopic (exact) mass is 241 g/mol. The fourth-order valence-corrected chi connectivity index (χ4v) is 3.72. The summed E-state index contributed by atoms with van der Waals surface area (Å²) in [7, 11) is 0. The fraction of sp³-hybridized carbons (Fsp3) is 0.562. The fourth-order valence-electron chi connectivity index (χ4n) is 3.72. The van der Waals surface area contributed by atoms with Gasteiger partial charge < -0.3 is 4.74 Å². The summed E-state index contributed by atoms with van der Waals surface area (Å²) < 4.78 is 5.51. The molecule has 0 amide bonds. The second-order valence-electron chi connectivity index (χ2n) is 6.04. The number of ether oxygens (including phenoxy) is 1. The van der Waals surface area contributed by atoms with Gasteiger partial charge >= 0.3 is 0 Å². The predicted octanol–water partition coefficient (Wildman–Crippen LogP) is 3.18. The van der Waals surface area contributed by atoms with Crippen molar-refractivity contribution < 1.29 is 4.74 Å². The first-order valence-electron chi connectivity index (χ1n) is 6.62. The third-order valence-corrected chi connectivity index (χ3v) is 4.73. The van der Waals surface area contributed by atoms with Gasteiger partial charge in [0.25, 0.3) is 0 Å². The SMILES string of the molecule is Cc1cc(C)c(C2(C3(C#N)CC3)COC2)c(C)c1. The molecule has 1 aliphatic carbocycles. The summed E-state index contributed by atoms with van der Waals surface area (Å²) >= 11 is 0. The summed E-state index contributed by atoms with van der Waals surface area (Å²) in [5.41, 5.74) is 5.11. The first-order valence-corrected chi connectivity index (χ1v) is 6.62. The van der Waals surface area contributed by atoms with Gasteiger partial charge in [0.1, 0.15) is 0 Å². The molecule has 2 aliphatic rings. The number of nitriles is 1. The lowest BCUT2D eigenvalue weighted by molar-refractivity contribution is -0.0873. The predicted molar refractivity (Wildman–Crippen MR) is 70.4 cm³/mol. The largest absolute Gasteiger partial charge is 0.379 e. The molecule has 0 unspecified atom stereocenters. The minimum absolute atomic E-state index is 0.0381. The molecule has 1 heterocycles. The highest BCUT2D eigenvalue weighted by molar-refractivity contribution is 5.49. The van der Waals surface area contributed by atoms with Crippen LogP contribution in [0.2, 0.25) is 0 Å². The van der Waals surface area contributed by atoms with E-state index in [4.69, 9.17) is 4.74 Å². The van der Waals surface area contributed by atoms with E-state index in [9.17, 15) is 5.26 Å². The summed E-state index contributed by atoms with van der Waals surface area (Å²) in [6.07, 6.45) is 2.05. The van der Waals surface area contributed by atoms with Crippen molar-refractivity contribution in [1.82, 2.24) is 0 Å². The summed E-state index contributed by atoms with van der Waals surface area (Å²) in [6, 6.07) is 7.05. The van der Waals surface area contributed by atoms with E-state index in [1.807, 2.05) is 0 Å². The number of rotatable bonds is 2. The van der Waals surface area contributed by atoms with Crippen molar-refractivity contribution in [2.24, 2.45) is 5.41 Å². The Morgan fingerprint density at radius 1 is 1.11 bits per heavy atom. The number of nitrogens with zero attached hydrogens (tertiary/aromatic N) is 1. The van der Waals surface area contributed by atoms with Crippen LogP contribution in [-0.4, -0.2) is 13.2 Å². The first kappa shape index (κ1) is 11.7. The van der Waals surface area contributed by atoms with Gasteiger partial charge in [0, 0.05) is 0 Å². The van der Waals surface area contributed by atoms with Gasteiger partial charge in [-0.3, -0.25) is 0 Å². The summed E-state index contributed by atoms with van der Waals surface area (Å²) in [5.74, 6) is 0. The van der Waals surface area contributed by atoms with E-state index < -0.39 is 0 Å². The Morgan fingerprint density at radius 2 is 1.67 bits per heavy atom. The number of benzene rings is 1. The molecule has 1 saturated carbocycles. The lowest BCUT2D eigenvalue weighted by Gasteiger charge is -2.47. The van der Waals surface area contributed by atoms with Crippen molar-refractivity contribution in [3.63, 3.8) is 0 Å². The van der Waals surface area contributed by atoms with Crippen LogP contribution in [-0.2, 0) is 10.2 Å². The zero-order valence-corrected chi connectivity index (χ0v) is 11.3. The van der Waals surface area contributed by atoms with Crippen LogP contribution >= 0.6 is 0 Å². The molecule has 0 spiro atoms. The van der Waals surface area contributed by atoms with Crippen LogP contribution in [0.3, 0.4) is 0 Å². The average Bonchev–Trinajstić information content (AvgIpc) is 3.01. The third-order valence-electron chi connectivity index (χ3n) is 4.73. The van der Waals surface area contributed by atoms with E-state index in [0.717, 1.165) is 12.8 Å². The first-order chi connectivity index (χ1) is 8.55. The highest BCUT2D eigenvalue weighted by Crippen LogP contribution is 2.62. The number of aryl methyl sites for hydroxylation is 3. The number of hydrogen-bond acceptors (Lipinski definition) is 2. The molecule has 1 aromatic carbocycles. The minimum atomic E-state index is -0.157. The molecule has 0 atom stereocenters. The van der Waals surface area contributed by atoms with E-state index in [0.29, 0.717) is 13.2 Å². The molecule has 0 aromatic heterocycles. The quantitative estimate of drug-likeness (QED) is 0.796. The van der Waals surface area contributed by atoms with Gasteiger partial charge in [-0.15, -0.1) is 0 Å². The van der Waals surface area contributed by atoms with Crippen LogP contribution in [0.15, 0.2) is 12.1 Å². The molecule has 0 radical (unpaired) electrons. The summed E-state index contributed by atoms with van der Waals surface area (Å²) in [5, 5.41) is 9.55.